The Labute approximate surface area is 179 Å². The fourth-order valence-corrected chi connectivity index (χ4v) is 3.78. The van der Waals surface area contributed by atoms with Crippen molar-refractivity contribution in [3.05, 3.63) is 59.1 Å². The summed E-state index contributed by atoms with van der Waals surface area (Å²) in [7, 11) is 0. The highest BCUT2D eigenvalue weighted by Gasteiger charge is 2.21. The molecule has 1 saturated heterocycles. The number of rotatable bonds is 6. The molecule has 4 rings (SSSR count). The first-order valence-electron chi connectivity index (χ1n) is 9.84. The number of piperazine rings is 1. The van der Waals surface area contributed by atoms with Gasteiger partial charge in [0.1, 0.15) is 5.75 Å². The summed E-state index contributed by atoms with van der Waals surface area (Å²) in [6.07, 6.45) is 5.33. The lowest BCUT2D eigenvalue weighted by Crippen LogP contribution is -2.46. The first-order chi connectivity index (χ1) is 14.5. The van der Waals surface area contributed by atoms with Crippen LogP contribution in [0.1, 0.15) is 22.5 Å². The van der Waals surface area contributed by atoms with Gasteiger partial charge in [-0.05, 0) is 31.2 Å². The maximum Gasteiger partial charge on any atom is 0.250 e. The predicted molar refractivity (Wildman–Crippen MR) is 115 cm³/mol. The van der Waals surface area contributed by atoms with Crippen LogP contribution in [-0.4, -0.2) is 68.3 Å². The van der Waals surface area contributed by atoms with Gasteiger partial charge in [0.05, 0.1) is 22.5 Å². The molecule has 0 bridgehead atoms. The lowest BCUT2D eigenvalue weighted by atomic mass is 10.1. The van der Waals surface area contributed by atoms with E-state index >= 15 is 0 Å². The number of phenolic OH excluding ortho intramolecular Hbond substituents is 1. The summed E-state index contributed by atoms with van der Waals surface area (Å²) in [6.45, 7) is 5.98. The third-order valence-electron chi connectivity index (χ3n) is 5.38. The number of anilines is 1. The number of aromatic nitrogens is 4. The normalized spacial score (nSPS) is 14.8. The van der Waals surface area contributed by atoms with Crippen LogP contribution in [0, 0.1) is 6.92 Å². The number of benzene rings is 1. The minimum Gasteiger partial charge on any atom is -0.506 e. The van der Waals surface area contributed by atoms with E-state index in [1.165, 1.54) is 0 Å². The molecular weight excluding hydrogens is 404 g/mol. The molecule has 0 atom stereocenters. The Hall–Kier alpha value is -2.97. The lowest BCUT2D eigenvalue weighted by molar-refractivity contribution is 0.0962. The van der Waals surface area contributed by atoms with Crippen molar-refractivity contribution in [2.24, 2.45) is 0 Å². The number of hydrogen-bond donors (Lipinski definition) is 1. The van der Waals surface area contributed by atoms with E-state index in [0.29, 0.717) is 29.5 Å². The van der Waals surface area contributed by atoms with Gasteiger partial charge < -0.3 is 10.0 Å². The molecule has 1 aliphatic rings. The smallest absolute Gasteiger partial charge is 0.250 e. The largest absolute Gasteiger partial charge is 0.506 e. The molecule has 3 heterocycles. The molecule has 30 heavy (non-hydrogen) atoms. The minimum atomic E-state index is 0.0717. The van der Waals surface area contributed by atoms with Gasteiger partial charge in [-0.15, -0.1) is 0 Å². The van der Waals surface area contributed by atoms with Crippen molar-refractivity contribution in [3.63, 3.8) is 0 Å². The van der Waals surface area contributed by atoms with Gasteiger partial charge in [-0.2, -0.15) is 5.10 Å². The maximum absolute atomic E-state index is 12.7. The average Bonchev–Trinajstić information content (AvgIpc) is 3.16. The van der Waals surface area contributed by atoms with E-state index in [1.807, 2.05) is 13.0 Å². The Bertz CT molecular complexity index is 1030. The van der Waals surface area contributed by atoms with Crippen LogP contribution in [0.2, 0.25) is 5.02 Å². The molecule has 2 aromatic heterocycles. The Morgan fingerprint density at radius 1 is 1.17 bits per heavy atom. The predicted octanol–water partition coefficient (Wildman–Crippen LogP) is 2.72. The number of hydrogen-bond acceptors (Lipinski definition) is 7. The van der Waals surface area contributed by atoms with E-state index in [-0.39, 0.29) is 11.5 Å². The molecule has 0 unspecified atom stereocenters. The quantitative estimate of drug-likeness (QED) is 0.606. The number of aromatic hydroxyl groups is 1. The first-order valence-corrected chi connectivity index (χ1v) is 10.2. The fourth-order valence-electron chi connectivity index (χ4n) is 3.60. The Kier molecular flexibility index (Phi) is 5.96. The van der Waals surface area contributed by atoms with E-state index < -0.39 is 0 Å². The van der Waals surface area contributed by atoms with Crippen molar-refractivity contribution < 1.29 is 9.90 Å². The summed E-state index contributed by atoms with van der Waals surface area (Å²) in [5.41, 5.74) is 2.36. The first kappa shape index (κ1) is 20.3. The number of halogens is 1. The Balaban J connectivity index is 1.31. The Morgan fingerprint density at radius 2 is 1.90 bits per heavy atom. The molecule has 1 aliphatic heterocycles. The monoisotopic (exact) mass is 426 g/mol. The molecule has 0 amide bonds. The second kappa shape index (κ2) is 8.81. The van der Waals surface area contributed by atoms with Crippen LogP contribution in [0.5, 0.6) is 5.75 Å². The molecule has 9 heteroatoms. The van der Waals surface area contributed by atoms with Crippen molar-refractivity contribution in [1.29, 1.82) is 0 Å². The molecule has 1 aromatic carbocycles. The molecule has 1 N–H and O–H groups in total. The third-order valence-corrected chi connectivity index (χ3v) is 5.68. The van der Waals surface area contributed by atoms with Crippen LogP contribution >= 0.6 is 11.6 Å². The van der Waals surface area contributed by atoms with Gasteiger partial charge in [0.25, 0.3) is 5.95 Å². The van der Waals surface area contributed by atoms with E-state index in [0.717, 1.165) is 37.6 Å². The highest BCUT2D eigenvalue weighted by molar-refractivity contribution is 6.32. The van der Waals surface area contributed by atoms with Gasteiger partial charge in [0.15, 0.2) is 5.78 Å². The topological polar surface area (TPSA) is 87.4 Å². The van der Waals surface area contributed by atoms with Crippen LogP contribution < -0.4 is 4.90 Å². The molecule has 0 saturated carbocycles. The molecule has 0 radical (unpaired) electrons. The van der Waals surface area contributed by atoms with Crippen LogP contribution in [-0.2, 0) is 0 Å². The second-order valence-electron chi connectivity index (χ2n) is 7.24. The average molecular weight is 427 g/mol. The fraction of sp³-hybridized carbons (Fsp3) is 0.333. The van der Waals surface area contributed by atoms with E-state index in [1.54, 1.807) is 41.5 Å². The van der Waals surface area contributed by atoms with Gasteiger partial charge in [0, 0.05) is 57.2 Å². The van der Waals surface area contributed by atoms with Crippen molar-refractivity contribution >= 4 is 23.1 Å². The van der Waals surface area contributed by atoms with Crippen molar-refractivity contribution in [2.45, 2.75) is 13.3 Å². The molecule has 3 aromatic rings. The molecule has 1 fully saturated rings. The zero-order valence-corrected chi connectivity index (χ0v) is 17.5. The summed E-state index contributed by atoms with van der Waals surface area (Å²) in [5.74, 6) is 0.622. The standard InChI is InChI=1S/C21H23ClN6O2/c1-15-17(14-25-28(15)21-23-6-2-7-24-21)19(29)5-8-26-9-11-27(12-10-26)16-3-4-20(30)18(22)13-16/h2-4,6-7,13-14,30H,5,8-12H2,1H3. The maximum atomic E-state index is 12.7. The molecule has 0 aliphatic carbocycles. The van der Waals surface area contributed by atoms with Crippen LogP contribution in [0.3, 0.4) is 0 Å². The Morgan fingerprint density at radius 3 is 2.60 bits per heavy atom. The van der Waals surface area contributed by atoms with Crippen LogP contribution in [0.25, 0.3) is 5.95 Å². The zero-order valence-electron chi connectivity index (χ0n) is 16.7. The van der Waals surface area contributed by atoms with Crippen molar-refractivity contribution in [3.8, 4) is 11.7 Å². The van der Waals surface area contributed by atoms with E-state index in [9.17, 15) is 9.90 Å². The highest BCUT2D eigenvalue weighted by Crippen LogP contribution is 2.28. The highest BCUT2D eigenvalue weighted by atomic mass is 35.5. The van der Waals surface area contributed by atoms with Gasteiger partial charge >= 0.3 is 0 Å². The summed E-state index contributed by atoms with van der Waals surface area (Å²) in [6, 6.07) is 7.01. The number of carbonyl (C=O) groups excluding carboxylic acids is 1. The molecule has 0 spiro atoms. The number of carbonyl (C=O) groups is 1. The summed E-state index contributed by atoms with van der Waals surface area (Å²) < 4.78 is 1.59. The minimum absolute atomic E-state index is 0.0717. The van der Waals surface area contributed by atoms with E-state index in [2.05, 4.69) is 24.9 Å². The summed E-state index contributed by atoms with van der Waals surface area (Å²) in [4.78, 5) is 25.6. The van der Waals surface area contributed by atoms with Crippen molar-refractivity contribution in [2.75, 3.05) is 37.6 Å². The number of nitrogens with zero attached hydrogens (tertiary/aromatic N) is 6. The van der Waals surface area contributed by atoms with Crippen LogP contribution in [0.4, 0.5) is 5.69 Å². The summed E-state index contributed by atoms with van der Waals surface area (Å²) >= 11 is 6.02. The summed E-state index contributed by atoms with van der Waals surface area (Å²) in [5, 5.41) is 14.2. The lowest BCUT2D eigenvalue weighted by Gasteiger charge is -2.36. The number of phenols is 1. The van der Waals surface area contributed by atoms with Crippen molar-refractivity contribution in [1.82, 2.24) is 24.6 Å². The van der Waals surface area contributed by atoms with Gasteiger partial charge in [-0.3, -0.25) is 9.69 Å². The van der Waals surface area contributed by atoms with Crippen LogP contribution in [0.15, 0.2) is 42.9 Å². The van der Waals surface area contributed by atoms with Gasteiger partial charge in [0.2, 0.25) is 0 Å². The van der Waals surface area contributed by atoms with E-state index in [4.69, 9.17) is 11.6 Å². The number of Topliss-reactive ketones (excluding diaryl/α,β-unsaturated/α-hetero) is 1. The molecular formula is C21H23ClN6O2. The second-order valence-corrected chi connectivity index (χ2v) is 7.65. The SMILES string of the molecule is Cc1c(C(=O)CCN2CCN(c3ccc(O)c(Cl)c3)CC2)cnn1-c1ncccn1. The third kappa shape index (κ3) is 4.29. The van der Waals surface area contributed by atoms with Gasteiger partial charge in [-0.1, -0.05) is 11.6 Å². The molecule has 8 nitrogen and oxygen atoms in total. The molecule has 156 valence electrons. The number of ketones is 1. The zero-order chi connectivity index (χ0) is 21.1. The van der Waals surface area contributed by atoms with Gasteiger partial charge in [-0.25, -0.2) is 14.6 Å².